The predicted molar refractivity (Wildman–Crippen MR) is 92.3 cm³/mol. The van der Waals surface area contributed by atoms with Gasteiger partial charge in [0, 0.05) is 23.3 Å². The maximum absolute atomic E-state index is 12.7. The lowest BCUT2D eigenvalue weighted by Crippen LogP contribution is -2.41. The van der Waals surface area contributed by atoms with Gasteiger partial charge in [-0.25, -0.2) is 9.78 Å². The summed E-state index contributed by atoms with van der Waals surface area (Å²) in [5.41, 5.74) is 0.760. The maximum Gasteiger partial charge on any atom is 0.328 e. The number of nitrogens with one attached hydrogen (secondary N) is 1. The molecule has 1 aliphatic carbocycles. The molecule has 22 heavy (non-hydrogen) atoms. The van der Waals surface area contributed by atoms with Crippen LogP contribution >= 0.6 is 34.5 Å². The van der Waals surface area contributed by atoms with Crippen LogP contribution in [0.1, 0.15) is 25.7 Å². The summed E-state index contributed by atoms with van der Waals surface area (Å²) in [7, 11) is 0. The fourth-order valence-electron chi connectivity index (χ4n) is 2.73. The summed E-state index contributed by atoms with van der Waals surface area (Å²) < 4.78 is 0. The smallest absolute Gasteiger partial charge is 0.291 e. The normalized spacial score (nSPS) is 15.0. The van der Waals surface area contributed by atoms with Crippen molar-refractivity contribution in [2.75, 3.05) is 10.2 Å². The number of amides is 2. The molecule has 0 aliphatic heterocycles. The van der Waals surface area contributed by atoms with E-state index >= 15 is 0 Å². The van der Waals surface area contributed by atoms with Crippen molar-refractivity contribution in [1.82, 2.24) is 4.98 Å². The predicted octanol–water partition coefficient (Wildman–Crippen LogP) is 5.43. The molecule has 0 spiro atoms. The van der Waals surface area contributed by atoms with Crippen molar-refractivity contribution in [1.29, 1.82) is 0 Å². The minimum atomic E-state index is -0.180. The van der Waals surface area contributed by atoms with E-state index in [9.17, 15) is 4.79 Å². The topological polar surface area (TPSA) is 45.2 Å². The lowest BCUT2D eigenvalue weighted by molar-refractivity contribution is 0.254. The van der Waals surface area contributed by atoms with Crippen LogP contribution in [0.2, 0.25) is 10.0 Å². The van der Waals surface area contributed by atoms with Crippen molar-refractivity contribution in [3.63, 3.8) is 0 Å². The molecule has 2 amide bonds. The van der Waals surface area contributed by atoms with Crippen LogP contribution in [0, 0.1) is 0 Å². The zero-order valence-electron chi connectivity index (χ0n) is 11.8. The molecule has 1 N–H and O–H groups in total. The quantitative estimate of drug-likeness (QED) is 0.797. The van der Waals surface area contributed by atoms with E-state index in [0.717, 1.165) is 31.4 Å². The molecule has 0 atom stereocenters. The van der Waals surface area contributed by atoms with Crippen LogP contribution in [0.25, 0.3) is 0 Å². The highest BCUT2D eigenvalue weighted by Gasteiger charge is 2.28. The molecule has 1 saturated carbocycles. The SMILES string of the molecule is O=C(Nc1nccs1)N(c1ccc(Cl)c(Cl)c1)C1CCCC1. The molecule has 2 aromatic rings. The highest BCUT2D eigenvalue weighted by Crippen LogP contribution is 2.33. The fourth-order valence-corrected chi connectivity index (χ4v) is 3.54. The van der Waals surface area contributed by atoms with Gasteiger partial charge in [0.1, 0.15) is 0 Å². The van der Waals surface area contributed by atoms with Gasteiger partial charge in [-0.05, 0) is 31.0 Å². The van der Waals surface area contributed by atoms with Crippen LogP contribution in [0.15, 0.2) is 29.8 Å². The average Bonchev–Trinajstić information content (AvgIpc) is 3.17. The number of carbonyl (C=O) groups is 1. The standard InChI is InChI=1S/C15H15Cl2N3OS/c16-12-6-5-11(9-13(12)17)20(10-3-1-2-4-10)15(21)19-14-18-7-8-22-14/h5-10H,1-4H2,(H,18,19,21). The number of hydrogen-bond donors (Lipinski definition) is 1. The molecule has 0 bridgehead atoms. The molecular weight excluding hydrogens is 341 g/mol. The molecule has 4 nitrogen and oxygen atoms in total. The third kappa shape index (κ3) is 3.37. The first-order valence-electron chi connectivity index (χ1n) is 7.10. The van der Waals surface area contributed by atoms with Crippen molar-refractivity contribution in [3.8, 4) is 0 Å². The third-order valence-electron chi connectivity index (χ3n) is 3.74. The lowest BCUT2D eigenvalue weighted by atomic mass is 10.2. The Morgan fingerprint density at radius 1 is 1.27 bits per heavy atom. The van der Waals surface area contributed by atoms with Gasteiger partial charge in [-0.2, -0.15) is 0 Å². The van der Waals surface area contributed by atoms with E-state index in [1.807, 2.05) is 11.4 Å². The fraction of sp³-hybridized carbons (Fsp3) is 0.333. The highest BCUT2D eigenvalue weighted by atomic mass is 35.5. The second-order valence-electron chi connectivity index (χ2n) is 5.17. The Balaban J connectivity index is 1.88. The summed E-state index contributed by atoms with van der Waals surface area (Å²) in [5.74, 6) is 0. The number of carbonyl (C=O) groups excluding carboxylic acids is 1. The second kappa shape index (κ2) is 6.86. The van der Waals surface area contributed by atoms with Crippen molar-refractivity contribution >= 4 is 51.4 Å². The van der Waals surface area contributed by atoms with Crippen LogP contribution in [0.4, 0.5) is 15.6 Å². The lowest BCUT2D eigenvalue weighted by Gasteiger charge is -2.29. The van der Waals surface area contributed by atoms with Gasteiger partial charge in [-0.3, -0.25) is 10.2 Å². The summed E-state index contributed by atoms with van der Waals surface area (Å²) in [6, 6.07) is 5.28. The van der Waals surface area contributed by atoms with Gasteiger partial charge in [0.2, 0.25) is 0 Å². The van der Waals surface area contributed by atoms with Crippen LogP contribution in [-0.2, 0) is 0 Å². The molecule has 0 radical (unpaired) electrons. The molecule has 0 unspecified atom stereocenters. The van der Waals surface area contributed by atoms with E-state index in [2.05, 4.69) is 10.3 Å². The minimum absolute atomic E-state index is 0.178. The molecule has 7 heteroatoms. The molecule has 1 aliphatic rings. The zero-order valence-corrected chi connectivity index (χ0v) is 14.1. The number of halogens is 2. The van der Waals surface area contributed by atoms with Gasteiger partial charge < -0.3 is 0 Å². The summed E-state index contributed by atoms with van der Waals surface area (Å²) in [5, 5.41) is 6.20. The molecular formula is C15H15Cl2N3OS. The van der Waals surface area contributed by atoms with Gasteiger partial charge >= 0.3 is 6.03 Å². The van der Waals surface area contributed by atoms with E-state index in [1.165, 1.54) is 11.3 Å². The Kier molecular flexibility index (Phi) is 4.86. The summed E-state index contributed by atoms with van der Waals surface area (Å²) in [6.07, 6.45) is 5.91. The van der Waals surface area contributed by atoms with Crippen LogP contribution in [-0.4, -0.2) is 17.1 Å². The zero-order chi connectivity index (χ0) is 15.5. The Morgan fingerprint density at radius 3 is 2.68 bits per heavy atom. The Labute approximate surface area is 143 Å². The van der Waals surface area contributed by atoms with Gasteiger partial charge in [-0.15, -0.1) is 11.3 Å². The largest absolute Gasteiger partial charge is 0.328 e. The third-order valence-corrected chi connectivity index (χ3v) is 5.16. The monoisotopic (exact) mass is 355 g/mol. The van der Waals surface area contributed by atoms with Gasteiger partial charge in [-0.1, -0.05) is 36.0 Å². The summed E-state index contributed by atoms with van der Waals surface area (Å²) in [4.78, 5) is 18.6. The minimum Gasteiger partial charge on any atom is -0.291 e. The van der Waals surface area contributed by atoms with Gasteiger partial charge in [0.15, 0.2) is 5.13 Å². The summed E-state index contributed by atoms with van der Waals surface area (Å²) in [6.45, 7) is 0. The number of nitrogens with zero attached hydrogens (tertiary/aromatic N) is 2. The first-order chi connectivity index (χ1) is 10.6. The van der Waals surface area contributed by atoms with E-state index in [4.69, 9.17) is 23.2 Å². The number of hydrogen-bond acceptors (Lipinski definition) is 3. The molecule has 1 heterocycles. The van der Waals surface area contributed by atoms with E-state index in [1.54, 1.807) is 23.2 Å². The molecule has 3 rings (SSSR count). The Hall–Kier alpha value is -1.30. The molecule has 1 fully saturated rings. The van der Waals surface area contributed by atoms with Gasteiger partial charge in [0.25, 0.3) is 0 Å². The Morgan fingerprint density at radius 2 is 2.05 bits per heavy atom. The van der Waals surface area contributed by atoms with Crippen molar-refractivity contribution in [3.05, 3.63) is 39.8 Å². The van der Waals surface area contributed by atoms with E-state index < -0.39 is 0 Å². The number of thiazole rings is 1. The van der Waals surface area contributed by atoms with E-state index in [-0.39, 0.29) is 12.1 Å². The van der Waals surface area contributed by atoms with Crippen LogP contribution in [0.3, 0.4) is 0 Å². The maximum atomic E-state index is 12.7. The average molecular weight is 356 g/mol. The Bertz CT molecular complexity index is 657. The first-order valence-corrected chi connectivity index (χ1v) is 8.73. The van der Waals surface area contributed by atoms with Gasteiger partial charge in [0.05, 0.1) is 10.0 Å². The van der Waals surface area contributed by atoms with E-state index in [0.29, 0.717) is 15.2 Å². The number of benzene rings is 1. The van der Waals surface area contributed by atoms with Crippen molar-refractivity contribution in [2.24, 2.45) is 0 Å². The molecule has 1 aromatic carbocycles. The number of aromatic nitrogens is 1. The number of rotatable bonds is 3. The van der Waals surface area contributed by atoms with Crippen molar-refractivity contribution in [2.45, 2.75) is 31.7 Å². The molecule has 0 saturated heterocycles. The summed E-state index contributed by atoms with van der Waals surface area (Å²) >= 11 is 13.5. The van der Waals surface area contributed by atoms with Crippen molar-refractivity contribution < 1.29 is 4.79 Å². The van der Waals surface area contributed by atoms with Crippen LogP contribution < -0.4 is 10.2 Å². The molecule has 1 aromatic heterocycles. The number of anilines is 2. The number of urea groups is 1. The first kappa shape index (κ1) is 15.6. The highest BCUT2D eigenvalue weighted by molar-refractivity contribution is 7.13. The van der Waals surface area contributed by atoms with Crippen LogP contribution in [0.5, 0.6) is 0 Å². The molecule has 116 valence electrons. The second-order valence-corrected chi connectivity index (χ2v) is 6.88.